The zero-order valence-corrected chi connectivity index (χ0v) is 11.5. The number of aryl methyl sites for hydroxylation is 1. The zero-order chi connectivity index (χ0) is 13.8. The van der Waals surface area contributed by atoms with Gasteiger partial charge in [-0.2, -0.15) is 0 Å². The maximum Gasteiger partial charge on any atom is 0.164 e. The molecule has 3 heteroatoms. The Hall–Kier alpha value is -1.22. The van der Waals surface area contributed by atoms with E-state index in [0.29, 0.717) is 30.6 Å². The van der Waals surface area contributed by atoms with Gasteiger partial charge in [0, 0.05) is 5.56 Å². The predicted molar refractivity (Wildman–Crippen MR) is 72.0 cm³/mol. The first kappa shape index (κ1) is 14.2. The van der Waals surface area contributed by atoms with Crippen LogP contribution >= 0.6 is 0 Å². The van der Waals surface area contributed by atoms with Crippen LogP contribution in [0.4, 0.5) is 8.78 Å². The summed E-state index contributed by atoms with van der Waals surface area (Å²) in [5, 5.41) is 0. The maximum atomic E-state index is 14.0. The smallest absolute Gasteiger partial charge is 0.164 e. The van der Waals surface area contributed by atoms with Crippen molar-refractivity contribution in [2.45, 2.75) is 45.6 Å². The van der Waals surface area contributed by atoms with Crippen molar-refractivity contribution in [3.63, 3.8) is 0 Å². The number of halogens is 2. The van der Waals surface area contributed by atoms with Crippen molar-refractivity contribution in [2.75, 3.05) is 6.61 Å². The van der Waals surface area contributed by atoms with Gasteiger partial charge in [0.2, 0.25) is 0 Å². The van der Waals surface area contributed by atoms with Crippen molar-refractivity contribution in [2.24, 2.45) is 0 Å². The van der Waals surface area contributed by atoms with Crippen LogP contribution in [0.2, 0.25) is 0 Å². The van der Waals surface area contributed by atoms with Gasteiger partial charge in [0.25, 0.3) is 0 Å². The number of hydrogen-bond acceptors (Lipinski definition) is 1. The van der Waals surface area contributed by atoms with Gasteiger partial charge < -0.3 is 4.74 Å². The van der Waals surface area contributed by atoms with Crippen molar-refractivity contribution in [1.82, 2.24) is 0 Å². The molecule has 0 spiro atoms. The third-order valence-corrected chi connectivity index (χ3v) is 3.58. The van der Waals surface area contributed by atoms with Crippen LogP contribution in [-0.2, 0) is 11.2 Å². The Morgan fingerprint density at radius 3 is 2.58 bits per heavy atom. The van der Waals surface area contributed by atoms with Crippen molar-refractivity contribution in [1.29, 1.82) is 0 Å². The maximum absolute atomic E-state index is 14.0. The molecular weight excluding hydrogens is 246 g/mol. The lowest BCUT2D eigenvalue weighted by Crippen LogP contribution is -2.14. The lowest BCUT2D eigenvalue weighted by Gasteiger charge is -2.24. The fraction of sp³-hybridized carbons (Fsp3) is 0.500. The quantitative estimate of drug-likeness (QED) is 0.717. The molecule has 19 heavy (non-hydrogen) atoms. The Kier molecular flexibility index (Phi) is 4.70. The largest absolute Gasteiger partial charge is 0.369 e. The molecular formula is C16H20F2O. The van der Waals surface area contributed by atoms with Gasteiger partial charge in [-0.3, -0.25) is 0 Å². The average molecular weight is 266 g/mol. The second-order valence-electron chi connectivity index (χ2n) is 4.94. The summed E-state index contributed by atoms with van der Waals surface area (Å²) in [5.74, 6) is -1.48. The van der Waals surface area contributed by atoms with E-state index in [9.17, 15) is 8.78 Å². The van der Waals surface area contributed by atoms with Crippen LogP contribution in [0, 0.1) is 11.6 Å². The van der Waals surface area contributed by atoms with Crippen LogP contribution in [0.25, 0.3) is 0 Å². The molecule has 0 aliphatic carbocycles. The van der Waals surface area contributed by atoms with Crippen LogP contribution in [-0.4, -0.2) is 6.61 Å². The van der Waals surface area contributed by atoms with Crippen molar-refractivity contribution in [3.8, 4) is 0 Å². The summed E-state index contributed by atoms with van der Waals surface area (Å²) >= 11 is 0. The van der Waals surface area contributed by atoms with E-state index in [4.69, 9.17) is 4.74 Å². The van der Waals surface area contributed by atoms with Crippen LogP contribution < -0.4 is 0 Å². The first-order valence-electron chi connectivity index (χ1n) is 6.93. The summed E-state index contributed by atoms with van der Waals surface area (Å²) in [6, 6.07) is 3.31. The Bertz CT molecular complexity index is 480. The molecule has 0 aromatic heterocycles. The molecule has 0 fully saturated rings. The van der Waals surface area contributed by atoms with Gasteiger partial charge in [-0.15, -0.1) is 0 Å². The van der Waals surface area contributed by atoms with Crippen LogP contribution in [0.15, 0.2) is 23.8 Å². The summed E-state index contributed by atoms with van der Waals surface area (Å²) in [6.45, 7) is 4.45. The zero-order valence-electron chi connectivity index (χ0n) is 11.5. The minimum atomic E-state index is -0.753. The van der Waals surface area contributed by atoms with Gasteiger partial charge in [0.1, 0.15) is 0 Å². The topological polar surface area (TPSA) is 9.23 Å². The second-order valence-corrected chi connectivity index (χ2v) is 4.94. The van der Waals surface area contributed by atoms with E-state index in [2.05, 4.69) is 13.0 Å². The van der Waals surface area contributed by atoms with Gasteiger partial charge in [-0.1, -0.05) is 38.5 Å². The Balaban J connectivity index is 2.18. The Labute approximate surface area is 113 Å². The van der Waals surface area contributed by atoms with Gasteiger partial charge in [-0.05, 0) is 30.4 Å². The van der Waals surface area contributed by atoms with E-state index >= 15 is 0 Å². The van der Waals surface area contributed by atoms with Gasteiger partial charge in [0.05, 0.1) is 12.7 Å². The van der Waals surface area contributed by atoms with E-state index < -0.39 is 11.6 Å². The van der Waals surface area contributed by atoms with E-state index in [-0.39, 0.29) is 6.10 Å². The van der Waals surface area contributed by atoms with E-state index in [0.717, 1.165) is 12.8 Å². The lowest BCUT2D eigenvalue weighted by molar-refractivity contribution is 0.0568. The number of rotatable bonds is 4. The molecule has 0 saturated heterocycles. The monoisotopic (exact) mass is 266 g/mol. The normalized spacial score (nSPS) is 19.4. The van der Waals surface area contributed by atoms with Gasteiger partial charge in [0.15, 0.2) is 11.6 Å². The number of benzene rings is 1. The number of ether oxygens (including phenoxy) is 1. The molecule has 1 aromatic carbocycles. The summed E-state index contributed by atoms with van der Waals surface area (Å²) < 4.78 is 33.4. The molecule has 1 aromatic rings. The minimum absolute atomic E-state index is 0.335. The van der Waals surface area contributed by atoms with Crippen LogP contribution in [0.3, 0.4) is 0 Å². The molecule has 104 valence electrons. The van der Waals surface area contributed by atoms with E-state index in [1.54, 1.807) is 12.1 Å². The fourth-order valence-electron chi connectivity index (χ4n) is 2.45. The Morgan fingerprint density at radius 2 is 2.00 bits per heavy atom. The van der Waals surface area contributed by atoms with Gasteiger partial charge >= 0.3 is 0 Å². The fourth-order valence-corrected chi connectivity index (χ4v) is 2.45. The lowest BCUT2D eigenvalue weighted by atomic mass is 9.98. The molecule has 1 heterocycles. The predicted octanol–water partition coefficient (Wildman–Crippen LogP) is 4.72. The van der Waals surface area contributed by atoms with Crippen LogP contribution in [0.5, 0.6) is 0 Å². The third kappa shape index (κ3) is 3.03. The molecule has 0 radical (unpaired) electrons. The van der Waals surface area contributed by atoms with E-state index in [1.165, 1.54) is 5.57 Å². The summed E-state index contributed by atoms with van der Waals surface area (Å²) in [7, 11) is 0. The average Bonchev–Trinajstić information content (AvgIpc) is 2.43. The van der Waals surface area contributed by atoms with Crippen molar-refractivity contribution in [3.05, 3.63) is 46.5 Å². The molecule has 0 amide bonds. The summed E-state index contributed by atoms with van der Waals surface area (Å²) in [6.07, 6.45) is 4.95. The summed E-state index contributed by atoms with van der Waals surface area (Å²) in [4.78, 5) is 0. The highest BCUT2D eigenvalue weighted by molar-refractivity contribution is 5.29. The van der Waals surface area contributed by atoms with Crippen LogP contribution in [0.1, 0.15) is 50.3 Å². The minimum Gasteiger partial charge on any atom is -0.369 e. The van der Waals surface area contributed by atoms with Crippen molar-refractivity contribution >= 4 is 0 Å². The highest BCUT2D eigenvalue weighted by Gasteiger charge is 2.22. The SMILES string of the molecule is CCCC1=CCC(c2ccc(CC)c(F)c2F)OC1. The molecule has 1 atom stereocenters. The first-order chi connectivity index (χ1) is 9.17. The number of hydrogen-bond donors (Lipinski definition) is 0. The molecule has 1 unspecified atom stereocenters. The second kappa shape index (κ2) is 6.29. The molecule has 1 aliphatic rings. The standard InChI is InChI=1S/C16H20F2O/c1-3-5-11-6-9-14(19-10-11)13-8-7-12(4-2)15(17)16(13)18/h6-8,14H,3-5,9-10H2,1-2H3. The molecule has 2 rings (SSSR count). The van der Waals surface area contributed by atoms with Crippen molar-refractivity contribution < 1.29 is 13.5 Å². The molecule has 0 saturated carbocycles. The van der Waals surface area contributed by atoms with Gasteiger partial charge in [-0.25, -0.2) is 8.78 Å². The molecule has 1 aliphatic heterocycles. The highest BCUT2D eigenvalue weighted by atomic mass is 19.2. The van der Waals surface area contributed by atoms with E-state index in [1.807, 2.05) is 6.92 Å². The molecule has 0 N–H and O–H groups in total. The summed E-state index contributed by atoms with van der Waals surface area (Å²) in [5.41, 5.74) is 2.01. The molecule has 1 nitrogen and oxygen atoms in total. The first-order valence-corrected chi connectivity index (χ1v) is 6.93. The highest BCUT2D eigenvalue weighted by Crippen LogP contribution is 2.31. The molecule has 0 bridgehead atoms. The third-order valence-electron chi connectivity index (χ3n) is 3.58. The Morgan fingerprint density at radius 1 is 1.21 bits per heavy atom.